The molecule has 4 aromatic rings. The Labute approximate surface area is 168 Å². The largest absolute Gasteiger partial charge is 0.339 e. The van der Waals surface area contributed by atoms with Crippen molar-refractivity contribution >= 4 is 38.5 Å². The van der Waals surface area contributed by atoms with Crippen LogP contribution in [0, 0.1) is 11.3 Å². The molecular formula is C24H18N2OS. The summed E-state index contributed by atoms with van der Waals surface area (Å²) >= 11 is 1.16. The normalized spacial score (nSPS) is 10.8. The monoisotopic (exact) mass is 382 g/mol. The summed E-state index contributed by atoms with van der Waals surface area (Å²) in [6.07, 6.45) is 0. The molecule has 3 nitrogen and oxygen atoms in total. The van der Waals surface area contributed by atoms with Crippen molar-refractivity contribution < 1.29 is 4.79 Å². The minimum Gasteiger partial charge on any atom is -0.339 e. The van der Waals surface area contributed by atoms with Gasteiger partial charge in [-0.25, -0.2) is 0 Å². The second-order valence-electron chi connectivity index (χ2n) is 6.74. The quantitative estimate of drug-likeness (QED) is 0.382. The lowest BCUT2D eigenvalue weighted by atomic mass is 9.92. The summed E-state index contributed by atoms with van der Waals surface area (Å²) in [7, 11) is 3.47. The molecule has 0 unspecified atom stereocenters. The molecule has 0 aliphatic rings. The summed E-state index contributed by atoms with van der Waals surface area (Å²) < 4.78 is 0. The van der Waals surface area contributed by atoms with Gasteiger partial charge in [0.15, 0.2) is 0 Å². The summed E-state index contributed by atoms with van der Waals surface area (Å²) in [5, 5.41) is 13.8. The van der Waals surface area contributed by atoms with E-state index in [1.807, 2.05) is 48.5 Å². The number of benzene rings is 4. The summed E-state index contributed by atoms with van der Waals surface area (Å²) in [6.45, 7) is 0. The van der Waals surface area contributed by atoms with Crippen LogP contribution in [0.2, 0.25) is 0 Å². The molecule has 0 spiro atoms. The first kappa shape index (κ1) is 18.1. The predicted octanol–water partition coefficient (Wildman–Crippen LogP) is 6.31. The number of fused-ring (bicyclic) bond motifs is 2. The van der Waals surface area contributed by atoms with Crippen molar-refractivity contribution in [2.75, 3.05) is 14.1 Å². The van der Waals surface area contributed by atoms with Crippen LogP contribution in [0.3, 0.4) is 0 Å². The Bertz CT molecular complexity index is 1250. The van der Waals surface area contributed by atoms with Crippen LogP contribution < -0.4 is 0 Å². The molecule has 0 aliphatic heterocycles. The Morgan fingerprint density at radius 2 is 1.54 bits per heavy atom. The number of nitriles is 1. The van der Waals surface area contributed by atoms with Crippen molar-refractivity contribution in [3.8, 4) is 17.2 Å². The zero-order valence-electron chi connectivity index (χ0n) is 15.6. The van der Waals surface area contributed by atoms with Gasteiger partial charge in [0.1, 0.15) is 0 Å². The van der Waals surface area contributed by atoms with Gasteiger partial charge in [-0.2, -0.15) is 5.26 Å². The second-order valence-corrected chi connectivity index (χ2v) is 7.74. The van der Waals surface area contributed by atoms with Gasteiger partial charge < -0.3 is 4.90 Å². The van der Waals surface area contributed by atoms with Crippen LogP contribution in [0.5, 0.6) is 0 Å². The number of carbonyl (C=O) groups is 1. The molecule has 0 aliphatic carbocycles. The number of amides is 1. The van der Waals surface area contributed by atoms with E-state index in [-0.39, 0.29) is 5.24 Å². The molecule has 0 radical (unpaired) electrons. The highest BCUT2D eigenvalue weighted by atomic mass is 32.2. The molecule has 0 aromatic heterocycles. The van der Waals surface area contributed by atoms with E-state index in [2.05, 4.69) is 30.3 Å². The highest BCUT2D eigenvalue weighted by molar-refractivity contribution is 8.13. The van der Waals surface area contributed by atoms with Crippen molar-refractivity contribution in [1.29, 1.82) is 5.26 Å². The number of carbonyl (C=O) groups excluding carboxylic acids is 1. The Kier molecular flexibility index (Phi) is 4.77. The van der Waals surface area contributed by atoms with Crippen LogP contribution in [0.25, 0.3) is 32.7 Å². The molecule has 136 valence electrons. The Morgan fingerprint density at radius 3 is 2.25 bits per heavy atom. The number of hydrogen-bond acceptors (Lipinski definition) is 3. The third kappa shape index (κ3) is 3.11. The molecular weight excluding hydrogens is 364 g/mol. The molecule has 4 rings (SSSR count). The van der Waals surface area contributed by atoms with E-state index in [1.165, 1.54) is 0 Å². The van der Waals surface area contributed by atoms with Crippen molar-refractivity contribution in [3.05, 3.63) is 78.4 Å². The smallest absolute Gasteiger partial charge is 0.285 e. The van der Waals surface area contributed by atoms with Crippen LogP contribution in [-0.2, 0) is 0 Å². The number of rotatable bonds is 2. The van der Waals surface area contributed by atoms with Crippen LogP contribution in [-0.4, -0.2) is 24.2 Å². The number of hydrogen-bond donors (Lipinski definition) is 0. The van der Waals surface area contributed by atoms with Crippen molar-refractivity contribution in [3.63, 3.8) is 0 Å². The predicted molar refractivity (Wildman–Crippen MR) is 117 cm³/mol. The third-order valence-corrected chi connectivity index (χ3v) is 5.83. The van der Waals surface area contributed by atoms with E-state index in [1.54, 1.807) is 19.0 Å². The Balaban J connectivity index is 2.11. The SMILES string of the molecule is CN(C)C(=O)Sc1cc(C#N)c2ccccc2c1-c1cccc2ccccc12. The molecule has 4 aromatic carbocycles. The third-order valence-electron chi connectivity index (χ3n) is 4.75. The lowest BCUT2D eigenvalue weighted by molar-refractivity contribution is 0.241. The lowest BCUT2D eigenvalue weighted by Crippen LogP contribution is -2.16. The average molecular weight is 382 g/mol. The first-order valence-corrected chi connectivity index (χ1v) is 9.75. The van der Waals surface area contributed by atoms with Crippen LogP contribution in [0.15, 0.2) is 77.7 Å². The average Bonchev–Trinajstić information content (AvgIpc) is 2.72. The molecule has 0 bridgehead atoms. The van der Waals surface area contributed by atoms with Crippen LogP contribution in [0.4, 0.5) is 4.79 Å². The maximum Gasteiger partial charge on any atom is 0.285 e. The standard InChI is InChI=1S/C24H18N2OS/c1-26(2)24(27)28-22-14-17(15-25)19-11-5-6-12-20(19)23(22)21-13-7-9-16-8-3-4-10-18(16)21/h3-14H,1-2H3. The zero-order chi connectivity index (χ0) is 19.7. The van der Waals surface area contributed by atoms with E-state index < -0.39 is 0 Å². The molecule has 0 atom stereocenters. The molecule has 0 saturated carbocycles. The topological polar surface area (TPSA) is 44.1 Å². The molecule has 28 heavy (non-hydrogen) atoms. The Morgan fingerprint density at radius 1 is 0.893 bits per heavy atom. The molecule has 0 heterocycles. The van der Waals surface area contributed by atoms with Gasteiger partial charge in [-0.05, 0) is 39.6 Å². The molecule has 0 saturated heterocycles. The van der Waals surface area contributed by atoms with Crippen molar-refractivity contribution in [2.45, 2.75) is 4.90 Å². The molecule has 0 fully saturated rings. The minimum atomic E-state index is -0.0688. The number of thioether (sulfide) groups is 1. The number of nitrogens with zero attached hydrogens (tertiary/aromatic N) is 2. The maximum atomic E-state index is 12.5. The summed E-state index contributed by atoms with van der Waals surface area (Å²) in [6, 6.07) is 26.5. The van der Waals surface area contributed by atoms with Crippen LogP contribution in [0.1, 0.15) is 5.56 Å². The highest BCUT2D eigenvalue weighted by Crippen LogP contribution is 2.42. The fourth-order valence-electron chi connectivity index (χ4n) is 3.43. The summed E-state index contributed by atoms with van der Waals surface area (Å²) in [5.41, 5.74) is 2.63. The fourth-order valence-corrected chi connectivity index (χ4v) is 4.30. The lowest BCUT2D eigenvalue weighted by Gasteiger charge is -2.17. The van der Waals surface area contributed by atoms with Crippen molar-refractivity contribution in [1.82, 2.24) is 4.90 Å². The van der Waals surface area contributed by atoms with Gasteiger partial charge >= 0.3 is 0 Å². The zero-order valence-corrected chi connectivity index (χ0v) is 16.5. The fraction of sp³-hybridized carbons (Fsp3) is 0.0833. The van der Waals surface area contributed by atoms with Crippen molar-refractivity contribution in [2.24, 2.45) is 0 Å². The molecule has 0 N–H and O–H groups in total. The van der Waals surface area contributed by atoms with E-state index in [9.17, 15) is 10.1 Å². The van der Waals surface area contributed by atoms with E-state index >= 15 is 0 Å². The first-order chi connectivity index (χ1) is 13.6. The summed E-state index contributed by atoms with van der Waals surface area (Å²) in [5.74, 6) is 0. The Hall–Kier alpha value is -3.29. The van der Waals surface area contributed by atoms with Gasteiger partial charge in [0.2, 0.25) is 0 Å². The van der Waals surface area contributed by atoms with Gasteiger partial charge in [-0.1, -0.05) is 66.7 Å². The van der Waals surface area contributed by atoms with Gasteiger partial charge in [0.05, 0.1) is 11.6 Å². The van der Waals surface area contributed by atoms with Gasteiger partial charge in [0, 0.05) is 29.9 Å². The summed E-state index contributed by atoms with van der Waals surface area (Å²) in [4.78, 5) is 14.9. The molecule has 1 amide bonds. The van der Waals surface area contributed by atoms with E-state index in [4.69, 9.17) is 0 Å². The van der Waals surface area contributed by atoms with E-state index in [0.29, 0.717) is 5.56 Å². The van der Waals surface area contributed by atoms with Gasteiger partial charge in [-0.15, -0.1) is 0 Å². The van der Waals surface area contributed by atoms with Gasteiger partial charge in [0.25, 0.3) is 5.24 Å². The second kappa shape index (κ2) is 7.38. The molecule has 4 heteroatoms. The van der Waals surface area contributed by atoms with Crippen LogP contribution >= 0.6 is 11.8 Å². The highest BCUT2D eigenvalue weighted by Gasteiger charge is 2.19. The van der Waals surface area contributed by atoms with E-state index in [0.717, 1.165) is 49.3 Å². The minimum absolute atomic E-state index is 0.0688. The van der Waals surface area contributed by atoms with Gasteiger partial charge in [-0.3, -0.25) is 4.79 Å². The first-order valence-electron chi connectivity index (χ1n) is 8.93. The maximum absolute atomic E-state index is 12.5.